The number of amides is 1. The number of benzene rings is 1. The second kappa shape index (κ2) is 10.8. The number of carbonyl (C=O) groups excluding carboxylic acids is 1. The quantitative estimate of drug-likeness (QED) is 0.426. The van der Waals surface area contributed by atoms with Gasteiger partial charge in [0.15, 0.2) is 5.13 Å². The molecule has 2 fully saturated rings. The van der Waals surface area contributed by atoms with Gasteiger partial charge in [-0.25, -0.2) is 15.0 Å². The fourth-order valence-corrected chi connectivity index (χ4v) is 5.72. The summed E-state index contributed by atoms with van der Waals surface area (Å²) < 4.78 is 40.4. The molecule has 2 aromatic heterocycles. The molecule has 202 valence electrons. The average molecular weight is 548 g/mol. The summed E-state index contributed by atoms with van der Waals surface area (Å²) in [6.45, 7) is 6.77. The Morgan fingerprint density at radius 3 is 2.66 bits per heavy atom. The number of aromatic hydroxyl groups is 1. The molecule has 9 nitrogen and oxygen atoms in total. The van der Waals surface area contributed by atoms with E-state index in [1.54, 1.807) is 6.20 Å². The van der Waals surface area contributed by atoms with E-state index in [1.807, 2.05) is 0 Å². The van der Waals surface area contributed by atoms with Gasteiger partial charge in [-0.15, -0.1) is 0 Å². The first-order valence-corrected chi connectivity index (χ1v) is 13.2. The number of hydrogen-bond acceptors (Lipinski definition) is 9. The first-order valence-electron chi connectivity index (χ1n) is 12.4. The van der Waals surface area contributed by atoms with Crippen LogP contribution in [-0.2, 0) is 12.7 Å². The summed E-state index contributed by atoms with van der Waals surface area (Å²) >= 11 is 1.22. The highest BCUT2D eigenvalue weighted by Gasteiger charge is 2.35. The lowest BCUT2D eigenvalue weighted by atomic mass is 10.1. The Balaban J connectivity index is 1.40. The number of piperazine rings is 1. The van der Waals surface area contributed by atoms with Crippen LogP contribution in [0.2, 0.25) is 0 Å². The Bertz CT molecular complexity index is 1290. The molecule has 38 heavy (non-hydrogen) atoms. The second-order valence-corrected chi connectivity index (χ2v) is 10.5. The third-order valence-electron chi connectivity index (χ3n) is 6.84. The van der Waals surface area contributed by atoms with Gasteiger partial charge in [0.05, 0.1) is 23.7 Å². The standard InChI is InChI=1S/C25H28F3N7O2S/c1-15-3-2-8-35(15)14-20-22(16-4-5-19(36)17(11-16)25(26,27)28)32-24(38-20)33-23(37)18-12-31-21(13-30-18)34-9-6-29-7-10-34/h4-5,11-13,15,29,36H,2-3,6-10,14H2,1H3,(H,32,33,37). The molecular formula is C25H28F3N7O2S. The molecule has 2 aliphatic rings. The minimum Gasteiger partial charge on any atom is -0.507 e. The molecule has 13 heteroatoms. The molecule has 3 N–H and O–H groups in total. The van der Waals surface area contributed by atoms with Crippen molar-refractivity contribution in [2.24, 2.45) is 0 Å². The third-order valence-corrected chi connectivity index (χ3v) is 7.80. The second-order valence-electron chi connectivity index (χ2n) is 9.43. The molecule has 3 aromatic rings. The van der Waals surface area contributed by atoms with Gasteiger partial charge in [0.2, 0.25) is 0 Å². The molecular weight excluding hydrogens is 519 g/mol. The third kappa shape index (κ3) is 5.74. The minimum atomic E-state index is -4.72. The molecule has 2 saturated heterocycles. The van der Waals surface area contributed by atoms with Gasteiger partial charge in [0.1, 0.15) is 17.3 Å². The summed E-state index contributed by atoms with van der Waals surface area (Å²) in [5, 5.41) is 16.0. The number of anilines is 2. The predicted molar refractivity (Wildman–Crippen MR) is 138 cm³/mol. The number of carbonyl (C=O) groups is 1. The topological polar surface area (TPSA) is 107 Å². The Labute approximate surface area is 221 Å². The highest BCUT2D eigenvalue weighted by Crippen LogP contribution is 2.40. The maximum atomic E-state index is 13.5. The molecule has 1 amide bonds. The number of nitrogens with one attached hydrogen (secondary N) is 2. The normalized spacial score (nSPS) is 18.6. The van der Waals surface area contributed by atoms with Crippen molar-refractivity contribution in [3.63, 3.8) is 0 Å². The number of nitrogens with zero attached hydrogens (tertiary/aromatic N) is 5. The molecule has 1 aromatic carbocycles. The molecule has 0 spiro atoms. The molecule has 4 heterocycles. The molecule has 0 aliphatic carbocycles. The van der Waals surface area contributed by atoms with Gasteiger partial charge in [0, 0.05) is 49.2 Å². The van der Waals surface area contributed by atoms with Crippen molar-refractivity contribution in [3.8, 4) is 17.0 Å². The molecule has 1 unspecified atom stereocenters. The molecule has 0 saturated carbocycles. The maximum absolute atomic E-state index is 13.5. The lowest BCUT2D eigenvalue weighted by Gasteiger charge is -2.27. The Morgan fingerprint density at radius 2 is 2.00 bits per heavy atom. The largest absolute Gasteiger partial charge is 0.507 e. The Morgan fingerprint density at radius 1 is 1.21 bits per heavy atom. The number of phenols is 1. The van der Waals surface area contributed by atoms with Crippen LogP contribution in [0, 0.1) is 0 Å². The molecule has 2 aliphatic heterocycles. The van der Waals surface area contributed by atoms with Gasteiger partial charge in [-0.2, -0.15) is 13.2 Å². The highest BCUT2D eigenvalue weighted by atomic mass is 32.1. The lowest BCUT2D eigenvalue weighted by Crippen LogP contribution is -2.44. The molecule has 0 radical (unpaired) electrons. The highest BCUT2D eigenvalue weighted by molar-refractivity contribution is 7.16. The van der Waals surface area contributed by atoms with Crippen LogP contribution < -0.4 is 15.5 Å². The number of hydrogen-bond donors (Lipinski definition) is 3. The van der Waals surface area contributed by atoms with E-state index in [0.717, 1.165) is 62.6 Å². The summed E-state index contributed by atoms with van der Waals surface area (Å²) in [4.78, 5) is 31.1. The molecule has 5 rings (SSSR count). The van der Waals surface area contributed by atoms with E-state index in [4.69, 9.17) is 0 Å². The monoisotopic (exact) mass is 547 g/mol. The van der Waals surface area contributed by atoms with Crippen molar-refractivity contribution in [3.05, 3.63) is 46.7 Å². The van der Waals surface area contributed by atoms with Crippen LogP contribution in [0.15, 0.2) is 30.6 Å². The smallest absolute Gasteiger partial charge is 0.419 e. The summed E-state index contributed by atoms with van der Waals surface area (Å²) in [7, 11) is 0. The number of aromatic nitrogens is 3. The lowest BCUT2D eigenvalue weighted by molar-refractivity contribution is -0.138. The Hall–Kier alpha value is -3.29. The first-order chi connectivity index (χ1) is 18.2. The van der Waals surface area contributed by atoms with Crippen molar-refractivity contribution < 1.29 is 23.1 Å². The number of likely N-dealkylation sites (tertiary alicyclic amines) is 1. The number of alkyl halides is 3. The van der Waals surface area contributed by atoms with Crippen LogP contribution in [0.4, 0.5) is 24.1 Å². The predicted octanol–water partition coefficient (Wildman–Crippen LogP) is 3.97. The van der Waals surface area contributed by atoms with E-state index < -0.39 is 23.4 Å². The SMILES string of the molecule is CC1CCCN1Cc1sc(NC(=O)c2cnc(N3CCNCC3)cn2)nc1-c1ccc(O)c(C(F)(F)F)c1. The number of phenolic OH excluding ortho intramolecular Hbond substituents is 1. The minimum absolute atomic E-state index is 0.111. The van der Waals surface area contributed by atoms with Crippen molar-refractivity contribution in [1.82, 2.24) is 25.2 Å². The summed E-state index contributed by atoms with van der Waals surface area (Å²) in [6, 6.07) is 3.65. The van der Waals surface area contributed by atoms with Crippen LogP contribution in [0.25, 0.3) is 11.3 Å². The van der Waals surface area contributed by atoms with Gasteiger partial charge in [0.25, 0.3) is 5.91 Å². The maximum Gasteiger partial charge on any atom is 0.419 e. The molecule has 0 bridgehead atoms. The van der Waals surface area contributed by atoms with E-state index in [9.17, 15) is 23.1 Å². The van der Waals surface area contributed by atoms with E-state index in [1.165, 1.54) is 23.6 Å². The zero-order valence-electron chi connectivity index (χ0n) is 20.8. The van der Waals surface area contributed by atoms with E-state index in [-0.39, 0.29) is 16.4 Å². The number of thiazole rings is 1. The van der Waals surface area contributed by atoms with Crippen LogP contribution in [0.5, 0.6) is 5.75 Å². The van der Waals surface area contributed by atoms with Crippen LogP contribution in [0.1, 0.15) is 40.7 Å². The van der Waals surface area contributed by atoms with Crippen molar-refractivity contribution in [2.75, 3.05) is 42.9 Å². The fraction of sp³-hybridized carbons (Fsp3) is 0.440. The number of rotatable bonds is 6. The van der Waals surface area contributed by atoms with Crippen LogP contribution in [0.3, 0.4) is 0 Å². The summed E-state index contributed by atoms with van der Waals surface area (Å²) in [5.41, 5.74) is -0.461. The van der Waals surface area contributed by atoms with Gasteiger partial charge in [-0.1, -0.05) is 11.3 Å². The van der Waals surface area contributed by atoms with Gasteiger partial charge in [-0.05, 0) is 44.5 Å². The summed E-state index contributed by atoms with van der Waals surface area (Å²) in [5.74, 6) is -0.663. The summed E-state index contributed by atoms with van der Waals surface area (Å²) in [6.07, 6.45) is 0.329. The van der Waals surface area contributed by atoms with E-state index in [0.29, 0.717) is 24.1 Å². The average Bonchev–Trinajstić information content (AvgIpc) is 3.49. The van der Waals surface area contributed by atoms with Crippen LogP contribution in [-0.4, -0.2) is 69.6 Å². The molecule has 1 atom stereocenters. The van der Waals surface area contributed by atoms with Gasteiger partial charge in [-0.3, -0.25) is 15.0 Å². The van der Waals surface area contributed by atoms with Gasteiger partial charge >= 0.3 is 6.18 Å². The van der Waals surface area contributed by atoms with Crippen LogP contribution >= 0.6 is 11.3 Å². The van der Waals surface area contributed by atoms with Crippen molar-refractivity contribution in [2.45, 2.75) is 38.5 Å². The fourth-order valence-electron chi connectivity index (χ4n) is 4.72. The number of halogens is 3. The van der Waals surface area contributed by atoms with E-state index >= 15 is 0 Å². The zero-order chi connectivity index (χ0) is 26.9. The van der Waals surface area contributed by atoms with Crippen molar-refractivity contribution >= 4 is 28.2 Å². The van der Waals surface area contributed by atoms with Gasteiger partial charge < -0.3 is 15.3 Å². The zero-order valence-corrected chi connectivity index (χ0v) is 21.6. The Kier molecular flexibility index (Phi) is 7.50. The van der Waals surface area contributed by atoms with Crippen molar-refractivity contribution in [1.29, 1.82) is 0 Å². The first kappa shape index (κ1) is 26.3. The van der Waals surface area contributed by atoms with E-state index in [2.05, 4.69) is 42.3 Å².